The zero-order valence-electron chi connectivity index (χ0n) is 8.20. The zero-order valence-corrected chi connectivity index (χ0v) is 9.85. The Kier molecular flexibility index (Phi) is 5.67. The van der Waals surface area contributed by atoms with E-state index in [0.717, 1.165) is 0 Å². The summed E-state index contributed by atoms with van der Waals surface area (Å²) in [6.07, 6.45) is -0.413. The minimum absolute atomic E-state index is 0.206. The van der Waals surface area contributed by atoms with Gasteiger partial charge in [-0.2, -0.15) is 0 Å². The van der Waals surface area contributed by atoms with E-state index in [1.54, 1.807) is 27.7 Å². The average Bonchev–Trinajstić information content (AvgIpc) is 1.81. The normalized spacial score (nSPS) is 11.6. The Bertz CT molecular complexity index is 238. The fourth-order valence-corrected chi connectivity index (χ4v) is 2.36. The van der Waals surface area contributed by atoms with Crippen molar-refractivity contribution in [2.75, 3.05) is 0 Å². The summed E-state index contributed by atoms with van der Waals surface area (Å²) in [5.41, 5.74) is 2.25. The van der Waals surface area contributed by atoms with Crippen LogP contribution in [0.3, 0.4) is 0 Å². The lowest BCUT2D eigenvalue weighted by atomic mass is 10.5. The van der Waals surface area contributed by atoms with Gasteiger partial charge in [0.05, 0.1) is 12.2 Å². The number of hydrogen-bond acceptors (Lipinski definition) is 3. The summed E-state index contributed by atoms with van der Waals surface area (Å²) >= 11 is 5.16. The highest BCUT2D eigenvalue weighted by atomic mass is 35.5. The van der Waals surface area contributed by atoms with Crippen molar-refractivity contribution >= 4 is 19.2 Å². The second-order valence-corrected chi connectivity index (χ2v) is 4.84. The molecule has 0 aliphatic carbocycles. The highest BCUT2D eigenvalue weighted by Crippen LogP contribution is 2.49. The van der Waals surface area contributed by atoms with E-state index in [4.69, 9.17) is 20.6 Å². The topological polar surface area (TPSA) is 35.5 Å². The van der Waals surface area contributed by atoms with Gasteiger partial charge in [-0.25, -0.2) is 4.57 Å². The van der Waals surface area contributed by atoms with Gasteiger partial charge in [-0.15, -0.1) is 0 Å². The molecule has 0 radical (unpaired) electrons. The van der Waals surface area contributed by atoms with E-state index in [0.29, 0.717) is 0 Å². The summed E-state index contributed by atoms with van der Waals surface area (Å²) in [5.74, 6) is 0. The monoisotopic (exact) mass is 224 g/mol. The molecule has 0 fully saturated rings. The van der Waals surface area contributed by atoms with Crippen LogP contribution in [-0.2, 0) is 13.6 Å². The van der Waals surface area contributed by atoms with Gasteiger partial charge in [-0.05, 0) is 39.3 Å². The molecular formula is C8H14ClO3P. The van der Waals surface area contributed by atoms with Crippen molar-refractivity contribution in [1.82, 2.24) is 0 Å². The Morgan fingerprint density at radius 2 is 1.54 bits per heavy atom. The highest BCUT2D eigenvalue weighted by molar-refractivity contribution is 7.59. The van der Waals surface area contributed by atoms with Gasteiger partial charge in [0.25, 0.3) is 0 Å². The molecule has 0 saturated heterocycles. The van der Waals surface area contributed by atoms with Gasteiger partial charge >= 0.3 is 7.60 Å². The first-order valence-electron chi connectivity index (χ1n) is 3.99. The van der Waals surface area contributed by atoms with Crippen molar-refractivity contribution in [2.24, 2.45) is 0 Å². The SMILES string of the molecule is CC(C)OP(=O)(C#CCl)OC(C)C. The summed E-state index contributed by atoms with van der Waals surface area (Å²) < 4.78 is 21.9. The fraction of sp³-hybridized carbons (Fsp3) is 0.750. The number of rotatable bonds is 4. The first kappa shape index (κ1) is 13.0. The third-order valence-electron chi connectivity index (χ3n) is 0.878. The first-order chi connectivity index (χ1) is 5.89. The molecule has 13 heavy (non-hydrogen) atoms. The third kappa shape index (κ3) is 6.12. The smallest absolute Gasteiger partial charge is 0.297 e. The van der Waals surface area contributed by atoms with Crippen molar-refractivity contribution in [2.45, 2.75) is 39.9 Å². The zero-order chi connectivity index (χ0) is 10.5. The van der Waals surface area contributed by atoms with Gasteiger partial charge in [0, 0.05) is 11.0 Å². The van der Waals surface area contributed by atoms with E-state index in [1.807, 2.05) is 5.38 Å². The predicted molar refractivity (Wildman–Crippen MR) is 53.7 cm³/mol. The van der Waals surface area contributed by atoms with E-state index in [2.05, 4.69) is 5.66 Å². The molecule has 0 N–H and O–H groups in total. The average molecular weight is 225 g/mol. The first-order valence-corrected chi connectivity index (χ1v) is 5.91. The van der Waals surface area contributed by atoms with Crippen LogP contribution in [0.25, 0.3) is 0 Å². The molecular weight excluding hydrogens is 211 g/mol. The summed E-state index contributed by atoms with van der Waals surface area (Å²) in [6, 6.07) is 0. The van der Waals surface area contributed by atoms with Crippen LogP contribution in [0.5, 0.6) is 0 Å². The third-order valence-corrected chi connectivity index (χ3v) is 2.89. The molecule has 0 aliphatic heterocycles. The largest absolute Gasteiger partial charge is 0.407 e. The van der Waals surface area contributed by atoms with Crippen molar-refractivity contribution in [3.05, 3.63) is 0 Å². The maximum absolute atomic E-state index is 11.7. The minimum Gasteiger partial charge on any atom is -0.297 e. The van der Waals surface area contributed by atoms with Crippen LogP contribution in [-0.4, -0.2) is 12.2 Å². The lowest BCUT2D eigenvalue weighted by Gasteiger charge is -2.17. The van der Waals surface area contributed by atoms with Crippen LogP contribution in [0.1, 0.15) is 27.7 Å². The Morgan fingerprint density at radius 1 is 1.15 bits per heavy atom. The molecule has 0 aromatic carbocycles. The second-order valence-electron chi connectivity index (χ2n) is 3.01. The molecule has 0 amide bonds. The van der Waals surface area contributed by atoms with E-state index < -0.39 is 7.60 Å². The maximum Gasteiger partial charge on any atom is 0.407 e. The van der Waals surface area contributed by atoms with Gasteiger partial charge < -0.3 is 0 Å². The highest BCUT2D eigenvalue weighted by Gasteiger charge is 2.24. The molecule has 0 saturated carbocycles. The molecule has 76 valence electrons. The number of hydrogen-bond donors (Lipinski definition) is 0. The Hall–Kier alpha value is -0.0000000000000000208. The summed E-state index contributed by atoms with van der Waals surface area (Å²) in [4.78, 5) is 0. The van der Waals surface area contributed by atoms with Crippen molar-refractivity contribution in [1.29, 1.82) is 0 Å². The summed E-state index contributed by atoms with van der Waals surface area (Å²) in [6.45, 7) is 7.02. The van der Waals surface area contributed by atoms with Crippen LogP contribution in [0.2, 0.25) is 0 Å². The van der Waals surface area contributed by atoms with Crippen LogP contribution in [0, 0.1) is 11.0 Å². The second kappa shape index (κ2) is 5.67. The summed E-state index contributed by atoms with van der Waals surface area (Å²) in [7, 11) is -3.32. The van der Waals surface area contributed by atoms with Crippen LogP contribution in [0.4, 0.5) is 0 Å². The number of halogens is 1. The van der Waals surface area contributed by atoms with Crippen LogP contribution < -0.4 is 0 Å². The van der Waals surface area contributed by atoms with E-state index >= 15 is 0 Å². The maximum atomic E-state index is 11.7. The quantitative estimate of drug-likeness (QED) is 0.543. The van der Waals surface area contributed by atoms with Gasteiger partial charge in [0.2, 0.25) is 0 Å². The molecule has 0 aliphatic rings. The van der Waals surface area contributed by atoms with Gasteiger partial charge in [0.15, 0.2) is 0 Å². The Morgan fingerprint density at radius 3 is 1.77 bits per heavy atom. The minimum atomic E-state index is -3.32. The molecule has 0 heterocycles. The molecule has 0 rings (SSSR count). The lowest BCUT2D eigenvalue weighted by molar-refractivity contribution is 0.151. The van der Waals surface area contributed by atoms with Gasteiger partial charge in [0.1, 0.15) is 0 Å². The van der Waals surface area contributed by atoms with Crippen molar-refractivity contribution < 1.29 is 13.6 Å². The Balaban J connectivity index is 4.51. The molecule has 0 aromatic heterocycles. The molecule has 0 spiro atoms. The molecule has 0 aromatic rings. The van der Waals surface area contributed by atoms with E-state index in [-0.39, 0.29) is 12.2 Å². The molecule has 5 heteroatoms. The van der Waals surface area contributed by atoms with Crippen molar-refractivity contribution in [3.63, 3.8) is 0 Å². The summed E-state index contributed by atoms with van der Waals surface area (Å²) in [5, 5.41) is 2.03. The molecule has 3 nitrogen and oxygen atoms in total. The molecule has 0 bridgehead atoms. The van der Waals surface area contributed by atoms with Crippen LogP contribution in [0.15, 0.2) is 0 Å². The van der Waals surface area contributed by atoms with Gasteiger partial charge in [-0.3, -0.25) is 9.05 Å². The van der Waals surface area contributed by atoms with E-state index in [9.17, 15) is 4.57 Å². The standard InChI is InChI=1S/C8H14ClO3P/c1-7(2)11-13(10,6-5-9)12-8(3)4/h7-8H,1-4H3. The molecule has 0 unspecified atom stereocenters. The van der Waals surface area contributed by atoms with Crippen molar-refractivity contribution in [3.8, 4) is 11.0 Å². The van der Waals surface area contributed by atoms with Crippen LogP contribution >= 0.6 is 19.2 Å². The fourth-order valence-electron chi connectivity index (χ4n) is 0.684. The van der Waals surface area contributed by atoms with Gasteiger partial charge in [-0.1, -0.05) is 0 Å². The molecule has 0 atom stereocenters. The predicted octanol–water partition coefficient (Wildman–Crippen LogP) is 3.19. The Labute approximate surface area is 84.3 Å². The van der Waals surface area contributed by atoms with E-state index in [1.165, 1.54) is 0 Å². The lowest BCUT2D eigenvalue weighted by Crippen LogP contribution is -2.06.